The molecule has 0 radical (unpaired) electrons. The van der Waals surface area contributed by atoms with Gasteiger partial charge in [-0.3, -0.25) is 4.99 Å². The number of amides is 1. The van der Waals surface area contributed by atoms with Crippen LogP contribution in [0.5, 0.6) is 0 Å². The minimum atomic E-state index is -1.10. The molecular weight excluding hydrogens is 346 g/mol. The number of carbonyl (C=O) groups excluding carboxylic acids is 1. The molecule has 0 bridgehead atoms. The van der Waals surface area contributed by atoms with E-state index in [1.807, 2.05) is 36.4 Å². The van der Waals surface area contributed by atoms with Crippen molar-refractivity contribution in [3.63, 3.8) is 0 Å². The highest BCUT2D eigenvalue weighted by Crippen LogP contribution is 2.15. The fourth-order valence-corrected chi connectivity index (χ4v) is 2.83. The number of nitrogens with two attached hydrogens (primary N) is 1. The highest BCUT2D eigenvalue weighted by molar-refractivity contribution is 5.80. The van der Waals surface area contributed by atoms with Gasteiger partial charge in [0.15, 0.2) is 0 Å². The SMILES string of the molecule is NC1=N[C@@H](CC=CC[C@H](NC(=O)OCc2ccccc2)C(=O)O)CCCC1. The summed E-state index contributed by atoms with van der Waals surface area (Å²) in [5, 5.41) is 11.7. The molecule has 0 unspecified atom stereocenters. The van der Waals surface area contributed by atoms with Crippen LogP contribution in [0.25, 0.3) is 0 Å². The second-order valence-electron chi connectivity index (χ2n) is 6.56. The first kappa shape index (κ1) is 20.5. The van der Waals surface area contributed by atoms with E-state index in [-0.39, 0.29) is 19.1 Å². The fourth-order valence-electron chi connectivity index (χ4n) is 2.83. The first-order valence-electron chi connectivity index (χ1n) is 9.21. The number of alkyl carbamates (subject to hydrolysis) is 1. The fraction of sp³-hybridized carbons (Fsp3) is 0.450. The van der Waals surface area contributed by atoms with Gasteiger partial charge in [0.05, 0.1) is 11.9 Å². The molecule has 0 saturated carbocycles. The van der Waals surface area contributed by atoms with Crippen LogP contribution in [0.2, 0.25) is 0 Å². The summed E-state index contributed by atoms with van der Waals surface area (Å²) in [6, 6.07) is 8.32. The Morgan fingerprint density at radius 1 is 1.30 bits per heavy atom. The molecule has 4 N–H and O–H groups in total. The van der Waals surface area contributed by atoms with Crippen LogP contribution in [0.1, 0.15) is 44.1 Å². The van der Waals surface area contributed by atoms with E-state index >= 15 is 0 Å². The van der Waals surface area contributed by atoms with E-state index in [0.29, 0.717) is 12.3 Å². The van der Waals surface area contributed by atoms with Gasteiger partial charge in [-0.1, -0.05) is 48.9 Å². The molecule has 7 heteroatoms. The van der Waals surface area contributed by atoms with E-state index in [0.717, 1.165) is 31.2 Å². The summed E-state index contributed by atoms with van der Waals surface area (Å²) in [7, 11) is 0. The number of carboxylic acids is 1. The molecule has 1 aliphatic rings. The highest BCUT2D eigenvalue weighted by atomic mass is 16.5. The third-order valence-corrected chi connectivity index (χ3v) is 4.32. The van der Waals surface area contributed by atoms with E-state index in [4.69, 9.17) is 10.5 Å². The molecule has 1 amide bonds. The van der Waals surface area contributed by atoms with Crippen molar-refractivity contribution < 1.29 is 19.4 Å². The van der Waals surface area contributed by atoms with Crippen molar-refractivity contribution in [1.29, 1.82) is 0 Å². The topological polar surface area (TPSA) is 114 Å². The van der Waals surface area contributed by atoms with Crippen molar-refractivity contribution in [3.05, 3.63) is 48.0 Å². The maximum Gasteiger partial charge on any atom is 0.408 e. The standard InChI is InChI=1S/C20H27N3O4/c21-18-13-7-5-11-16(22-18)10-4-6-12-17(19(24)25)23-20(26)27-14-15-8-2-1-3-9-15/h1-4,6,8-9,16-17H,5,7,10-14H2,(H2,21,22)(H,23,26)(H,24,25)/t16-,17-/m0/s1. The number of hydrogen-bond donors (Lipinski definition) is 3. The molecule has 0 aliphatic carbocycles. The zero-order valence-electron chi connectivity index (χ0n) is 15.3. The minimum Gasteiger partial charge on any atom is -0.480 e. The summed E-state index contributed by atoms with van der Waals surface area (Å²) >= 11 is 0. The normalized spacial score (nSPS) is 18.4. The summed E-state index contributed by atoms with van der Waals surface area (Å²) in [5.74, 6) is -0.412. The van der Waals surface area contributed by atoms with E-state index in [9.17, 15) is 14.7 Å². The molecule has 0 aromatic heterocycles. The van der Waals surface area contributed by atoms with Gasteiger partial charge >= 0.3 is 12.1 Å². The van der Waals surface area contributed by atoms with Gasteiger partial charge in [-0.2, -0.15) is 0 Å². The quantitative estimate of drug-likeness (QED) is 0.606. The largest absolute Gasteiger partial charge is 0.480 e. The summed E-state index contributed by atoms with van der Waals surface area (Å²) < 4.78 is 5.07. The number of benzene rings is 1. The number of nitrogens with zero attached hydrogens (tertiary/aromatic N) is 1. The molecule has 1 aromatic rings. The third kappa shape index (κ3) is 7.94. The van der Waals surface area contributed by atoms with Crippen LogP contribution < -0.4 is 11.1 Å². The molecule has 0 fully saturated rings. The van der Waals surface area contributed by atoms with Gasteiger partial charge in [-0.25, -0.2) is 9.59 Å². The van der Waals surface area contributed by atoms with Crippen molar-refractivity contribution >= 4 is 17.9 Å². The van der Waals surface area contributed by atoms with Crippen LogP contribution in [0.4, 0.5) is 4.79 Å². The molecule has 2 rings (SSSR count). The third-order valence-electron chi connectivity index (χ3n) is 4.32. The minimum absolute atomic E-state index is 0.0932. The van der Waals surface area contributed by atoms with Crippen LogP contribution in [-0.4, -0.2) is 35.1 Å². The van der Waals surface area contributed by atoms with E-state index in [1.165, 1.54) is 0 Å². The van der Waals surface area contributed by atoms with Gasteiger partial charge in [-0.15, -0.1) is 0 Å². The summed E-state index contributed by atoms with van der Waals surface area (Å²) in [6.07, 6.45) is 7.79. The molecular formula is C20H27N3O4. The Hall–Kier alpha value is -2.83. The van der Waals surface area contributed by atoms with Crippen molar-refractivity contribution in [1.82, 2.24) is 5.32 Å². The van der Waals surface area contributed by atoms with Crippen LogP contribution >= 0.6 is 0 Å². The van der Waals surface area contributed by atoms with Gasteiger partial charge in [0.2, 0.25) is 0 Å². The second-order valence-corrected chi connectivity index (χ2v) is 6.56. The summed E-state index contributed by atoms with van der Waals surface area (Å²) in [6.45, 7) is 0.0932. The molecule has 1 heterocycles. The summed E-state index contributed by atoms with van der Waals surface area (Å²) in [5.41, 5.74) is 6.67. The maximum absolute atomic E-state index is 11.8. The van der Waals surface area contributed by atoms with Crippen LogP contribution in [0.15, 0.2) is 47.5 Å². The molecule has 7 nitrogen and oxygen atoms in total. The number of rotatable bonds is 8. The Kier molecular flexibility index (Phi) is 8.35. The Labute approximate surface area is 159 Å². The van der Waals surface area contributed by atoms with Gasteiger partial charge in [-0.05, 0) is 31.2 Å². The van der Waals surface area contributed by atoms with Gasteiger partial charge in [0.1, 0.15) is 12.6 Å². The number of ether oxygens (including phenoxy) is 1. The molecule has 146 valence electrons. The predicted octanol–water partition coefficient (Wildman–Crippen LogP) is 3.00. The second kappa shape index (κ2) is 11.0. The monoisotopic (exact) mass is 373 g/mol. The molecule has 27 heavy (non-hydrogen) atoms. The van der Waals surface area contributed by atoms with Crippen molar-refractivity contribution in [3.8, 4) is 0 Å². The van der Waals surface area contributed by atoms with Crippen LogP contribution in [-0.2, 0) is 16.1 Å². The lowest BCUT2D eigenvalue weighted by atomic mass is 10.1. The lowest BCUT2D eigenvalue weighted by Gasteiger charge is -2.13. The van der Waals surface area contributed by atoms with Crippen LogP contribution in [0, 0.1) is 0 Å². The van der Waals surface area contributed by atoms with E-state index in [2.05, 4.69) is 10.3 Å². The highest BCUT2D eigenvalue weighted by Gasteiger charge is 2.19. The Morgan fingerprint density at radius 3 is 2.81 bits per heavy atom. The zero-order chi connectivity index (χ0) is 19.5. The maximum atomic E-state index is 11.8. The summed E-state index contributed by atoms with van der Waals surface area (Å²) in [4.78, 5) is 27.7. The Balaban J connectivity index is 1.76. The molecule has 0 saturated heterocycles. The molecule has 1 aliphatic heterocycles. The predicted molar refractivity (Wildman–Crippen MR) is 103 cm³/mol. The average molecular weight is 373 g/mol. The molecule has 0 spiro atoms. The van der Waals surface area contributed by atoms with Crippen molar-refractivity contribution in [2.75, 3.05) is 0 Å². The first-order valence-corrected chi connectivity index (χ1v) is 9.21. The lowest BCUT2D eigenvalue weighted by Crippen LogP contribution is -2.40. The number of aliphatic imine (C=N–C) groups is 1. The molecule has 2 atom stereocenters. The van der Waals surface area contributed by atoms with Gasteiger partial charge in [0.25, 0.3) is 0 Å². The van der Waals surface area contributed by atoms with E-state index < -0.39 is 18.1 Å². The number of hydrogen-bond acceptors (Lipinski definition) is 5. The van der Waals surface area contributed by atoms with Crippen molar-refractivity contribution in [2.45, 2.75) is 57.2 Å². The number of carboxylic acid groups (broad SMARTS) is 1. The number of nitrogens with one attached hydrogen (secondary N) is 1. The van der Waals surface area contributed by atoms with Crippen molar-refractivity contribution in [2.24, 2.45) is 10.7 Å². The number of amidine groups is 1. The Morgan fingerprint density at radius 2 is 2.07 bits per heavy atom. The smallest absolute Gasteiger partial charge is 0.408 e. The van der Waals surface area contributed by atoms with Crippen LogP contribution in [0.3, 0.4) is 0 Å². The Bertz CT molecular complexity index is 673. The van der Waals surface area contributed by atoms with Gasteiger partial charge in [0, 0.05) is 6.42 Å². The number of aliphatic carboxylic acids is 1. The number of carbonyl (C=O) groups is 2. The van der Waals surface area contributed by atoms with Gasteiger partial charge < -0.3 is 20.9 Å². The zero-order valence-corrected chi connectivity index (χ0v) is 15.3. The average Bonchev–Trinajstić information content (AvgIpc) is 2.87. The van der Waals surface area contributed by atoms with E-state index in [1.54, 1.807) is 6.08 Å². The molecule has 1 aromatic carbocycles. The lowest BCUT2D eigenvalue weighted by molar-refractivity contribution is -0.139. The first-order chi connectivity index (χ1) is 13.0.